The Morgan fingerprint density at radius 1 is 1.38 bits per heavy atom. The first-order valence-corrected chi connectivity index (χ1v) is 4.71. The third-order valence-corrected chi connectivity index (χ3v) is 2.18. The fourth-order valence-corrected chi connectivity index (χ4v) is 1.53. The Hall–Kier alpha value is -1.31. The van der Waals surface area contributed by atoms with Crippen LogP contribution in [0.1, 0.15) is 25.3 Å². The van der Waals surface area contributed by atoms with Crippen molar-refractivity contribution in [1.29, 1.82) is 0 Å². The second kappa shape index (κ2) is 3.60. The zero-order valence-corrected chi connectivity index (χ0v) is 7.79. The fourth-order valence-electron chi connectivity index (χ4n) is 1.53. The molecule has 13 heavy (non-hydrogen) atoms. The Morgan fingerprint density at radius 2 is 2.23 bits per heavy atom. The molecule has 0 unspecified atom stereocenters. The Labute approximate surface area is 78.2 Å². The molecule has 0 radical (unpaired) electrons. The van der Waals surface area contributed by atoms with Crippen LogP contribution in [0.3, 0.4) is 0 Å². The smallest absolute Gasteiger partial charge is 0.161 e. The van der Waals surface area contributed by atoms with Crippen molar-refractivity contribution in [2.24, 2.45) is 5.16 Å². The molecule has 0 bridgehead atoms. The standard InChI is InChI=1S/C11H13NO/c1-2-5-10-8-9-6-3-4-7-11(9)13-12-10/h3-4,6-7H,2,5,8H2,1H3. The topological polar surface area (TPSA) is 21.6 Å². The van der Waals surface area contributed by atoms with Crippen molar-refractivity contribution in [3.63, 3.8) is 0 Å². The predicted molar refractivity (Wildman–Crippen MR) is 53.1 cm³/mol. The minimum absolute atomic E-state index is 0.905. The minimum atomic E-state index is 0.905. The van der Waals surface area contributed by atoms with Crippen LogP contribution in [-0.2, 0) is 6.42 Å². The number of rotatable bonds is 2. The van der Waals surface area contributed by atoms with E-state index in [1.165, 1.54) is 5.56 Å². The van der Waals surface area contributed by atoms with Gasteiger partial charge in [-0.1, -0.05) is 36.7 Å². The Morgan fingerprint density at radius 3 is 3.08 bits per heavy atom. The van der Waals surface area contributed by atoms with Crippen LogP contribution in [0.2, 0.25) is 0 Å². The van der Waals surface area contributed by atoms with Crippen LogP contribution in [0.25, 0.3) is 0 Å². The highest BCUT2D eigenvalue weighted by molar-refractivity contribution is 5.87. The molecule has 0 amide bonds. The van der Waals surface area contributed by atoms with E-state index >= 15 is 0 Å². The molecule has 0 fully saturated rings. The molecule has 1 heterocycles. The average Bonchev–Trinajstić information content (AvgIpc) is 2.18. The van der Waals surface area contributed by atoms with Crippen LogP contribution in [0.4, 0.5) is 0 Å². The lowest BCUT2D eigenvalue weighted by atomic mass is 10.0. The maximum Gasteiger partial charge on any atom is 0.161 e. The van der Waals surface area contributed by atoms with Crippen LogP contribution in [0.5, 0.6) is 5.75 Å². The monoisotopic (exact) mass is 175 g/mol. The van der Waals surface area contributed by atoms with Crippen LogP contribution in [0, 0.1) is 0 Å². The van der Waals surface area contributed by atoms with Gasteiger partial charge in [-0.3, -0.25) is 0 Å². The average molecular weight is 175 g/mol. The summed E-state index contributed by atoms with van der Waals surface area (Å²) in [6.07, 6.45) is 3.11. The Kier molecular flexibility index (Phi) is 2.30. The molecule has 2 rings (SSSR count). The van der Waals surface area contributed by atoms with E-state index in [0.717, 1.165) is 30.7 Å². The van der Waals surface area contributed by atoms with E-state index in [4.69, 9.17) is 4.84 Å². The first-order valence-electron chi connectivity index (χ1n) is 4.71. The summed E-state index contributed by atoms with van der Waals surface area (Å²) in [4.78, 5) is 5.28. The number of nitrogens with zero attached hydrogens (tertiary/aromatic N) is 1. The summed E-state index contributed by atoms with van der Waals surface area (Å²) >= 11 is 0. The van der Waals surface area contributed by atoms with Gasteiger partial charge in [-0.15, -0.1) is 0 Å². The summed E-state index contributed by atoms with van der Waals surface area (Å²) in [6, 6.07) is 8.07. The first kappa shape index (κ1) is 8.30. The third kappa shape index (κ3) is 1.72. The fraction of sp³-hybridized carbons (Fsp3) is 0.364. The minimum Gasteiger partial charge on any atom is -0.357 e. The molecule has 0 aliphatic carbocycles. The highest BCUT2D eigenvalue weighted by atomic mass is 16.6. The summed E-state index contributed by atoms with van der Waals surface area (Å²) in [7, 11) is 0. The normalized spacial score (nSPS) is 14.4. The molecule has 0 spiro atoms. The molecule has 1 aliphatic heterocycles. The molecule has 2 nitrogen and oxygen atoms in total. The van der Waals surface area contributed by atoms with E-state index in [0.29, 0.717) is 0 Å². The number of oxime groups is 1. The van der Waals surface area contributed by atoms with Gasteiger partial charge in [-0.05, 0) is 12.5 Å². The second-order valence-corrected chi connectivity index (χ2v) is 3.28. The molecule has 0 saturated carbocycles. The van der Waals surface area contributed by atoms with Crippen molar-refractivity contribution in [3.05, 3.63) is 29.8 Å². The highest BCUT2D eigenvalue weighted by Crippen LogP contribution is 2.23. The lowest BCUT2D eigenvalue weighted by Crippen LogP contribution is -2.10. The second-order valence-electron chi connectivity index (χ2n) is 3.28. The third-order valence-electron chi connectivity index (χ3n) is 2.18. The first-order chi connectivity index (χ1) is 6.40. The number of fused-ring (bicyclic) bond motifs is 1. The molecule has 1 aliphatic rings. The summed E-state index contributed by atoms with van der Waals surface area (Å²) in [5.74, 6) is 0.905. The van der Waals surface area contributed by atoms with Crippen molar-refractivity contribution in [2.45, 2.75) is 26.2 Å². The van der Waals surface area contributed by atoms with E-state index in [1.54, 1.807) is 0 Å². The van der Waals surface area contributed by atoms with Gasteiger partial charge in [0.15, 0.2) is 5.75 Å². The van der Waals surface area contributed by atoms with E-state index in [-0.39, 0.29) is 0 Å². The Bertz CT molecular complexity index is 331. The lowest BCUT2D eigenvalue weighted by molar-refractivity contribution is 0.328. The van der Waals surface area contributed by atoms with Crippen molar-refractivity contribution in [1.82, 2.24) is 0 Å². The summed E-state index contributed by atoms with van der Waals surface area (Å²) < 4.78 is 0. The van der Waals surface area contributed by atoms with Gasteiger partial charge < -0.3 is 4.84 Å². The van der Waals surface area contributed by atoms with Crippen LogP contribution >= 0.6 is 0 Å². The van der Waals surface area contributed by atoms with E-state index < -0.39 is 0 Å². The van der Waals surface area contributed by atoms with Crippen molar-refractivity contribution in [2.75, 3.05) is 0 Å². The highest BCUT2D eigenvalue weighted by Gasteiger charge is 2.12. The lowest BCUT2D eigenvalue weighted by Gasteiger charge is -2.14. The number of hydrogen-bond donors (Lipinski definition) is 0. The van der Waals surface area contributed by atoms with Gasteiger partial charge in [0.1, 0.15) is 0 Å². The van der Waals surface area contributed by atoms with E-state index in [2.05, 4.69) is 18.1 Å². The molecular weight excluding hydrogens is 162 g/mol. The summed E-state index contributed by atoms with van der Waals surface area (Å²) in [5, 5.41) is 4.08. The summed E-state index contributed by atoms with van der Waals surface area (Å²) in [6.45, 7) is 2.16. The number of para-hydroxylation sites is 1. The molecular formula is C11H13NO. The molecule has 68 valence electrons. The molecule has 0 N–H and O–H groups in total. The molecule has 1 aromatic rings. The zero-order chi connectivity index (χ0) is 9.10. The van der Waals surface area contributed by atoms with E-state index in [1.807, 2.05) is 18.2 Å². The predicted octanol–water partition coefficient (Wildman–Crippen LogP) is 2.78. The summed E-state index contributed by atoms with van der Waals surface area (Å²) in [5.41, 5.74) is 2.40. The quantitative estimate of drug-likeness (QED) is 0.677. The van der Waals surface area contributed by atoms with Gasteiger partial charge >= 0.3 is 0 Å². The van der Waals surface area contributed by atoms with Gasteiger partial charge in [0.05, 0.1) is 5.71 Å². The van der Waals surface area contributed by atoms with Crippen molar-refractivity contribution < 1.29 is 4.84 Å². The maximum absolute atomic E-state index is 5.28. The number of benzene rings is 1. The van der Waals surface area contributed by atoms with Gasteiger partial charge in [0.25, 0.3) is 0 Å². The largest absolute Gasteiger partial charge is 0.357 e. The van der Waals surface area contributed by atoms with E-state index in [9.17, 15) is 0 Å². The van der Waals surface area contributed by atoms with Crippen LogP contribution in [-0.4, -0.2) is 5.71 Å². The molecule has 1 aromatic carbocycles. The van der Waals surface area contributed by atoms with Crippen molar-refractivity contribution >= 4 is 5.71 Å². The SMILES string of the molecule is CCCC1=NOc2ccccc2C1. The van der Waals surface area contributed by atoms with Gasteiger partial charge in [0.2, 0.25) is 0 Å². The maximum atomic E-state index is 5.28. The molecule has 0 atom stereocenters. The zero-order valence-electron chi connectivity index (χ0n) is 7.79. The van der Waals surface area contributed by atoms with Gasteiger partial charge in [-0.2, -0.15) is 0 Å². The molecule has 0 aromatic heterocycles. The van der Waals surface area contributed by atoms with Crippen LogP contribution < -0.4 is 4.84 Å². The number of hydrogen-bond acceptors (Lipinski definition) is 2. The molecule has 0 saturated heterocycles. The molecule has 2 heteroatoms. The Balaban J connectivity index is 2.18. The van der Waals surface area contributed by atoms with Crippen molar-refractivity contribution in [3.8, 4) is 5.75 Å². The van der Waals surface area contributed by atoms with Gasteiger partial charge in [0, 0.05) is 12.0 Å². The van der Waals surface area contributed by atoms with Gasteiger partial charge in [-0.25, -0.2) is 0 Å². The van der Waals surface area contributed by atoms with Crippen LogP contribution in [0.15, 0.2) is 29.4 Å².